The van der Waals surface area contributed by atoms with Gasteiger partial charge in [0.15, 0.2) is 5.92 Å². The molecule has 0 unspecified atom stereocenters. The third-order valence-electron chi connectivity index (χ3n) is 3.61. The second kappa shape index (κ2) is 7.00. The summed E-state index contributed by atoms with van der Waals surface area (Å²) in [6.07, 6.45) is 2.72. The van der Waals surface area contributed by atoms with Crippen LogP contribution in [0.15, 0.2) is 52.1 Å². The molecule has 8 nitrogen and oxygen atoms in total. The Morgan fingerprint density at radius 2 is 2.04 bits per heavy atom. The van der Waals surface area contributed by atoms with Gasteiger partial charge in [0.2, 0.25) is 5.91 Å². The number of barbiturate groups is 1. The number of carbonyl (C=O) groups excluding carboxylic acids is 3. The molecule has 0 saturated carbocycles. The first-order valence-corrected chi connectivity index (χ1v) is 7.46. The number of amides is 4. The van der Waals surface area contributed by atoms with E-state index >= 15 is 0 Å². The fourth-order valence-electron chi connectivity index (χ4n) is 2.42. The maximum absolute atomic E-state index is 12.7. The fourth-order valence-corrected chi connectivity index (χ4v) is 2.42. The molecular weight excluding hydrogens is 326 g/mol. The molecule has 1 N–H and O–H groups in total. The Morgan fingerprint density at radius 1 is 1.24 bits per heavy atom. The number of aliphatic imine (C=N–C) groups is 1. The quantitative estimate of drug-likeness (QED) is 0.659. The van der Waals surface area contributed by atoms with E-state index in [0.29, 0.717) is 11.5 Å². The summed E-state index contributed by atoms with van der Waals surface area (Å²) in [5, 5.41) is 2.16. The lowest BCUT2D eigenvalue weighted by molar-refractivity contribution is -0.131. The van der Waals surface area contributed by atoms with E-state index in [4.69, 9.17) is 9.15 Å². The minimum Gasteiger partial charge on any atom is -0.495 e. The molecule has 1 fully saturated rings. The number of methoxy groups -OCH3 is 1. The van der Waals surface area contributed by atoms with E-state index in [1.54, 1.807) is 36.4 Å². The van der Waals surface area contributed by atoms with Crippen molar-refractivity contribution < 1.29 is 23.5 Å². The van der Waals surface area contributed by atoms with Crippen LogP contribution in [0.3, 0.4) is 0 Å². The molecule has 1 aromatic heterocycles. The largest absolute Gasteiger partial charge is 0.495 e. The highest BCUT2D eigenvalue weighted by Gasteiger charge is 2.41. The van der Waals surface area contributed by atoms with E-state index in [1.165, 1.54) is 19.6 Å². The van der Waals surface area contributed by atoms with Gasteiger partial charge >= 0.3 is 6.03 Å². The molecule has 128 valence electrons. The number of rotatable bonds is 5. The molecule has 2 aromatic rings. The van der Waals surface area contributed by atoms with Gasteiger partial charge in [-0.3, -0.25) is 19.9 Å². The van der Waals surface area contributed by atoms with Crippen LogP contribution in [-0.4, -0.2) is 31.2 Å². The first-order chi connectivity index (χ1) is 12.1. The molecule has 1 atom stereocenters. The molecule has 4 amide bonds. The van der Waals surface area contributed by atoms with Gasteiger partial charge in [-0.1, -0.05) is 12.1 Å². The third-order valence-corrected chi connectivity index (χ3v) is 3.61. The number of para-hydroxylation sites is 2. The topological polar surface area (TPSA) is 101 Å². The number of imide groups is 2. The SMILES string of the molecule is COc1ccccc1N1C(=O)NC(=O)[C@H](C=NCc2ccco2)C1=O. The Morgan fingerprint density at radius 3 is 2.76 bits per heavy atom. The van der Waals surface area contributed by atoms with E-state index in [2.05, 4.69) is 10.3 Å². The predicted molar refractivity (Wildman–Crippen MR) is 88.4 cm³/mol. The lowest BCUT2D eigenvalue weighted by Gasteiger charge is -2.29. The Balaban J connectivity index is 1.85. The van der Waals surface area contributed by atoms with E-state index in [0.717, 1.165) is 4.90 Å². The first kappa shape index (κ1) is 16.4. The Kier molecular flexibility index (Phi) is 4.60. The summed E-state index contributed by atoms with van der Waals surface area (Å²) in [6.45, 7) is 0.187. The van der Waals surface area contributed by atoms with E-state index in [1.807, 2.05) is 0 Å². The molecule has 8 heteroatoms. The maximum atomic E-state index is 12.7. The molecule has 0 radical (unpaired) electrons. The number of furan rings is 1. The normalized spacial score (nSPS) is 17.9. The molecule has 1 saturated heterocycles. The van der Waals surface area contributed by atoms with Crippen molar-refractivity contribution in [2.75, 3.05) is 12.0 Å². The zero-order valence-electron chi connectivity index (χ0n) is 13.3. The zero-order valence-corrected chi connectivity index (χ0v) is 13.3. The molecule has 1 aliphatic heterocycles. The fraction of sp³-hybridized carbons (Fsp3) is 0.176. The van der Waals surface area contributed by atoms with Gasteiger partial charge in [-0.05, 0) is 24.3 Å². The number of hydrogen-bond donors (Lipinski definition) is 1. The number of nitrogens with zero attached hydrogens (tertiary/aromatic N) is 2. The summed E-state index contributed by atoms with van der Waals surface area (Å²) in [7, 11) is 1.43. The summed E-state index contributed by atoms with van der Waals surface area (Å²) in [4.78, 5) is 41.8. The monoisotopic (exact) mass is 341 g/mol. The number of urea groups is 1. The number of carbonyl (C=O) groups is 3. The average Bonchev–Trinajstić information content (AvgIpc) is 3.11. The second-order valence-electron chi connectivity index (χ2n) is 5.19. The van der Waals surface area contributed by atoms with Crippen LogP contribution in [0, 0.1) is 5.92 Å². The van der Waals surface area contributed by atoms with Gasteiger partial charge in [0, 0.05) is 6.21 Å². The summed E-state index contributed by atoms with van der Waals surface area (Å²) in [5.41, 5.74) is 0.254. The van der Waals surface area contributed by atoms with Crippen LogP contribution in [0.2, 0.25) is 0 Å². The summed E-state index contributed by atoms with van der Waals surface area (Å²) in [6, 6.07) is 9.16. The molecule has 1 aliphatic rings. The van der Waals surface area contributed by atoms with Gasteiger partial charge in [-0.2, -0.15) is 0 Å². The van der Waals surface area contributed by atoms with Crippen molar-refractivity contribution in [1.29, 1.82) is 0 Å². The van der Waals surface area contributed by atoms with Crippen molar-refractivity contribution in [3.8, 4) is 5.75 Å². The van der Waals surface area contributed by atoms with Crippen molar-refractivity contribution in [2.45, 2.75) is 6.54 Å². The standard InChI is InChI=1S/C17H15N3O5/c1-24-14-7-3-2-6-13(14)20-16(22)12(15(21)19-17(20)23)10-18-9-11-5-4-8-25-11/h2-8,10,12H,9H2,1H3,(H,19,21,23)/t12-/m0/s1. The van der Waals surface area contributed by atoms with Crippen LogP contribution in [0.4, 0.5) is 10.5 Å². The molecule has 1 aromatic carbocycles. The van der Waals surface area contributed by atoms with Crippen molar-refractivity contribution in [1.82, 2.24) is 5.32 Å². The summed E-state index contributed by atoms with van der Waals surface area (Å²) in [5.74, 6) is -1.69. The van der Waals surface area contributed by atoms with Gasteiger partial charge in [0.1, 0.15) is 11.5 Å². The minimum atomic E-state index is -1.21. The van der Waals surface area contributed by atoms with Crippen LogP contribution in [0.25, 0.3) is 0 Å². The lowest BCUT2D eigenvalue weighted by atomic mass is 10.1. The van der Waals surface area contributed by atoms with Crippen molar-refractivity contribution >= 4 is 29.7 Å². The van der Waals surface area contributed by atoms with Crippen molar-refractivity contribution in [3.63, 3.8) is 0 Å². The lowest BCUT2D eigenvalue weighted by Crippen LogP contribution is -2.58. The minimum absolute atomic E-state index is 0.187. The number of ether oxygens (including phenoxy) is 1. The first-order valence-electron chi connectivity index (χ1n) is 7.46. The summed E-state index contributed by atoms with van der Waals surface area (Å²) < 4.78 is 10.3. The highest BCUT2D eigenvalue weighted by atomic mass is 16.5. The Labute approximate surface area is 143 Å². The number of nitrogens with one attached hydrogen (secondary N) is 1. The van der Waals surface area contributed by atoms with Gasteiger partial charge < -0.3 is 9.15 Å². The molecule has 25 heavy (non-hydrogen) atoms. The second-order valence-corrected chi connectivity index (χ2v) is 5.19. The number of benzene rings is 1. The molecule has 2 heterocycles. The van der Waals surface area contributed by atoms with Gasteiger partial charge in [-0.15, -0.1) is 0 Å². The van der Waals surface area contributed by atoms with E-state index in [-0.39, 0.29) is 12.2 Å². The average molecular weight is 341 g/mol. The van der Waals surface area contributed by atoms with Crippen LogP contribution in [-0.2, 0) is 16.1 Å². The molecule has 3 rings (SSSR count). The highest BCUT2D eigenvalue weighted by Crippen LogP contribution is 2.30. The number of hydrogen-bond acceptors (Lipinski definition) is 6. The molecular formula is C17H15N3O5. The van der Waals surface area contributed by atoms with Crippen LogP contribution in [0.5, 0.6) is 5.75 Å². The van der Waals surface area contributed by atoms with Crippen LogP contribution >= 0.6 is 0 Å². The smallest absolute Gasteiger partial charge is 0.335 e. The van der Waals surface area contributed by atoms with Crippen LogP contribution < -0.4 is 15.0 Å². The molecule has 0 spiro atoms. The Bertz CT molecular complexity index is 829. The zero-order chi connectivity index (χ0) is 17.8. The molecule has 0 aliphatic carbocycles. The van der Waals surface area contributed by atoms with E-state index < -0.39 is 23.8 Å². The van der Waals surface area contributed by atoms with Crippen LogP contribution in [0.1, 0.15) is 5.76 Å². The molecule has 0 bridgehead atoms. The highest BCUT2D eigenvalue weighted by molar-refractivity contribution is 6.32. The Hall–Kier alpha value is -3.42. The van der Waals surface area contributed by atoms with Crippen molar-refractivity contribution in [3.05, 3.63) is 48.4 Å². The summed E-state index contributed by atoms with van der Waals surface area (Å²) >= 11 is 0. The predicted octanol–water partition coefficient (Wildman–Crippen LogP) is 1.76. The van der Waals surface area contributed by atoms with Gasteiger partial charge in [0.05, 0.1) is 25.6 Å². The third kappa shape index (κ3) is 3.27. The van der Waals surface area contributed by atoms with Crippen molar-refractivity contribution in [2.24, 2.45) is 10.9 Å². The van der Waals surface area contributed by atoms with Gasteiger partial charge in [0.25, 0.3) is 5.91 Å². The van der Waals surface area contributed by atoms with Gasteiger partial charge in [-0.25, -0.2) is 9.69 Å². The maximum Gasteiger partial charge on any atom is 0.335 e. The van der Waals surface area contributed by atoms with E-state index in [9.17, 15) is 14.4 Å². The number of anilines is 1.